The smallest absolute Gasteiger partial charge is 0.329 e. The number of carbonyl (C=O) groups excluding carboxylic acids is 2. The maximum atomic E-state index is 12.1. The SMILES string of the molecule is O=C(CSCC(=O)c1ccccc1)NC1(C(=O)O)CCCCCC1. The molecule has 0 radical (unpaired) electrons. The number of hydrogen-bond donors (Lipinski definition) is 2. The van der Waals surface area contributed by atoms with Gasteiger partial charge < -0.3 is 10.4 Å². The Morgan fingerprint density at radius 3 is 2.21 bits per heavy atom. The quantitative estimate of drug-likeness (QED) is 0.584. The fourth-order valence-corrected chi connectivity index (χ4v) is 3.68. The third-order valence-electron chi connectivity index (χ3n) is 4.31. The van der Waals surface area contributed by atoms with Crippen molar-refractivity contribution in [2.45, 2.75) is 44.1 Å². The molecule has 0 aromatic heterocycles. The zero-order valence-corrected chi connectivity index (χ0v) is 14.4. The summed E-state index contributed by atoms with van der Waals surface area (Å²) in [7, 11) is 0. The number of aliphatic carboxylic acids is 1. The Hall–Kier alpha value is -1.82. The fourth-order valence-electron chi connectivity index (χ4n) is 2.97. The average molecular weight is 349 g/mol. The molecular weight excluding hydrogens is 326 g/mol. The van der Waals surface area contributed by atoms with E-state index >= 15 is 0 Å². The van der Waals surface area contributed by atoms with Gasteiger partial charge in [-0.05, 0) is 12.8 Å². The Morgan fingerprint density at radius 1 is 1.00 bits per heavy atom. The molecule has 0 aliphatic heterocycles. The molecule has 0 atom stereocenters. The molecular formula is C18H23NO4S. The third-order valence-corrected chi connectivity index (χ3v) is 5.24. The van der Waals surface area contributed by atoms with Crippen molar-refractivity contribution >= 4 is 29.4 Å². The number of Topliss-reactive ketones (excluding diaryl/α,β-unsaturated/α-hetero) is 1. The van der Waals surface area contributed by atoms with Gasteiger partial charge in [-0.25, -0.2) is 4.79 Å². The van der Waals surface area contributed by atoms with Gasteiger partial charge in [0, 0.05) is 5.56 Å². The number of benzene rings is 1. The number of rotatable bonds is 7. The van der Waals surface area contributed by atoms with E-state index in [2.05, 4.69) is 5.32 Å². The number of hydrogen-bond acceptors (Lipinski definition) is 4. The van der Waals surface area contributed by atoms with Gasteiger partial charge in [0.15, 0.2) is 5.78 Å². The second-order valence-corrected chi connectivity index (χ2v) is 7.12. The van der Waals surface area contributed by atoms with Crippen LogP contribution in [-0.2, 0) is 9.59 Å². The molecule has 24 heavy (non-hydrogen) atoms. The van der Waals surface area contributed by atoms with Gasteiger partial charge in [0.2, 0.25) is 5.91 Å². The average Bonchev–Trinajstić information content (AvgIpc) is 2.82. The van der Waals surface area contributed by atoms with Crippen molar-refractivity contribution in [2.75, 3.05) is 11.5 Å². The molecule has 130 valence electrons. The van der Waals surface area contributed by atoms with Crippen LogP contribution in [0.1, 0.15) is 48.9 Å². The zero-order valence-electron chi connectivity index (χ0n) is 13.6. The largest absolute Gasteiger partial charge is 0.480 e. The van der Waals surface area contributed by atoms with Crippen LogP contribution in [0.3, 0.4) is 0 Å². The second-order valence-electron chi connectivity index (χ2n) is 6.13. The van der Waals surface area contributed by atoms with Gasteiger partial charge in [-0.3, -0.25) is 9.59 Å². The highest BCUT2D eigenvalue weighted by Gasteiger charge is 2.39. The summed E-state index contributed by atoms with van der Waals surface area (Å²) in [4.78, 5) is 35.8. The molecule has 1 aromatic carbocycles. The lowest BCUT2D eigenvalue weighted by molar-refractivity contribution is -0.148. The molecule has 1 saturated carbocycles. The summed E-state index contributed by atoms with van der Waals surface area (Å²) in [6, 6.07) is 8.93. The Balaban J connectivity index is 1.83. The van der Waals surface area contributed by atoms with Crippen molar-refractivity contribution in [3.8, 4) is 0 Å². The van der Waals surface area contributed by atoms with Crippen LogP contribution >= 0.6 is 11.8 Å². The lowest BCUT2D eigenvalue weighted by atomic mass is 9.90. The lowest BCUT2D eigenvalue weighted by Gasteiger charge is -2.29. The van der Waals surface area contributed by atoms with E-state index < -0.39 is 11.5 Å². The minimum Gasteiger partial charge on any atom is -0.480 e. The molecule has 0 heterocycles. The van der Waals surface area contributed by atoms with Crippen LogP contribution < -0.4 is 5.32 Å². The summed E-state index contributed by atoms with van der Waals surface area (Å²) in [5.74, 6) is -1.01. The summed E-state index contributed by atoms with van der Waals surface area (Å²) in [5.41, 5.74) is -0.520. The van der Waals surface area contributed by atoms with E-state index in [0.717, 1.165) is 25.7 Å². The van der Waals surface area contributed by atoms with Crippen molar-refractivity contribution < 1.29 is 19.5 Å². The van der Waals surface area contributed by atoms with Gasteiger partial charge in [0.25, 0.3) is 0 Å². The van der Waals surface area contributed by atoms with E-state index in [9.17, 15) is 19.5 Å². The monoisotopic (exact) mass is 349 g/mol. The van der Waals surface area contributed by atoms with Gasteiger partial charge in [0.1, 0.15) is 5.54 Å². The highest BCUT2D eigenvalue weighted by molar-refractivity contribution is 8.00. The van der Waals surface area contributed by atoms with Gasteiger partial charge >= 0.3 is 5.97 Å². The lowest BCUT2D eigenvalue weighted by Crippen LogP contribution is -2.54. The van der Waals surface area contributed by atoms with Crippen molar-refractivity contribution in [3.05, 3.63) is 35.9 Å². The maximum absolute atomic E-state index is 12.1. The van der Waals surface area contributed by atoms with Crippen LogP contribution in [-0.4, -0.2) is 39.8 Å². The maximum Gasteiger partial charge on any atom is 0.329 e. The van der Waals surface area contributed by atoms with Gasteiger partial charge in [0.05, 0.1) is 11.5 Å². The first-order chi connectivity index (χ1) is 11.5. The molecule has 5 nitrogen and oxygen atoms in total. The number of carbonyl (C=O) groups is 3. The molecule has 0 spiro atoms. The first-order valence-corrected chi connectivity index (χ1v) is 9.39. The van der Waals surface area contributed by atoms with E-state index in [0.29, 0.717) is 18.4 Å². The zero-order chi connectivity index (χ0) is 17.4. The molecule has 6 heteroatoms. The number of amides is 1. The molecule has 0 bridgehead atoms. The summed E-state index contributed by atoms with van der Waals surface area (Å²) in [5, 5.41) is 12.3. The molecule has 1 fully saturated rings. The Labute approximate surface area is 146 Å². The van der Waals surface area contributed by atoms with Crippen LogP contribution in [0.5, 0.6) is 0 Å². The van der Waals surface area contributed by atoms with Gasteiger partial charge in [-0.15, -0.1) is 11.8 Å². The molecule has 2 N–H and O–H groups in total. The highest BCUT2D eigenvalue weighted by atomic mass is 32.2. The predicted molar refractivity (Wildman–Crippen MR) is 94.3 cm³/mol. The van der Waals surface area contributed by atoms with Crippen LogP contribution in [0.2, 0.25) is 0 Å². The van der Waals surface area contributed by atoms with Crippen LogP contribution in [0, 0.1) is 0 Å². The Morgan fingerprint density at radius 2 is 1.62 bits per heavy atom. The fraction of sp³-hybridized carbons (Fsp3) is 0.500. The molecule has 2 rings (SSSR count). The Kier molecular flexibility index (Phi) is 6.85. The standard InChI is InChI=1S/C18H23NO4S/c20-15(14-8-4-3-5-9-14)12-24-13-16(21)19-18(17(22)23)10-6-1-2-7-11-18/h3-5,8-9H,1-2,6-7,10-13H2,(H,19,21)(H,22,23). The molecule has 1 aliphatic rings. The van der Waals surface area contributed by atoms with Crippen LogP contribution in [0.25, 0.3) is 0 Å². The highest BCUT2D eigenvalue weighted by Crippen LogP contribution is 2.27. The van der Waals surface area contributed by atoms with E-state index in [1.54, 1.807) is 24.3 Å². The van der Waals surface area contributed by atoms with Gasteiger partial charge in [-0.1, -0.05) is 56.0 Å². The Bertz CT molecular complexity index is 580. The van der Waals surface area contributed by atoms with E-state index in [1.807, 2.05) is 6.07 Å². The normalized spacial score (nSPS) is 16.8. The summed E-state index contributed by atoms with van der Waals surface area (Å²) < 4.78 is 0. The first-order valence-electron chi connectivity index (χ1n) is 8.24. The second kappa shape index (κ2) is 8.87. The van der Waals surface area contributed by atoms with E-state index in [-0.39, 0.29) is 23.2 Å². The summed E-state index contributed by atoms with van der Waals surface area (Å²) >= 11 is 1.21. The summed E-state index contributed by atoms with van der Waals surface area (Å²) in [6.07, 6.45) is 4.58. The number of nitrogens with one attached hydrogen (secondary N) is 1. The van der Waals surface area contributed by atoms with Crippen LogP contribution in [0.15, 0.2) is 30.3 Å². The van der Waals surface area contributed by atoms with Crippen molar-refractivity contribution in [3.63, 3.8) is 0 Å². The number of thioether (sulfide) groups is 1. The van der Waals surface area contributed by atoms with Gasteiger partial charge in [-0.2, -0.15) is 0 Å². The van der Waals surface area contributed by atoms with Crippen molar-refractivity contribution in [1.82, 2.24) is 5.32 Å². The molecule has 1 amide bonds. The topological polar surface area (TPSA) is 83.5 Å². The third kappa shape index (κ3) is 5.09. The van der Waals surface area contributed by atoms with Crippen molar-refractivity contribution in [1.29, 1.82) is 0 Å². The molecule has 0 saturated heterocycles. The van der Waals surface area contributed by atoms with Crippen LogP contribution in [0.4, 0.5) is 0 Å². The minimum atomic E-state index is -1.14. The molecule has 1 aromatic rings. The predicted octanol–water partition coefficient (Wildman–Crippen LogP) is 2.90. The number of carboxylic acids is 1. The van der Waals surface area contributed by atoms with E-state index in [4.69, 9.17) is 0 Å². The molecule has 1 aliphatic carbocycles. The number of carboxylic acid groups (broad SMARTS) is 1. The summed E-state index contributed by atoms with van der Waals surface area (Å²) in [6.45, 7) is 0. The molecule has 0 unspecified atom stereocenters. The number of ketones is 1. The first kappa shape index (κ1) is 18.5. The van der Waals surface area contributed by atoms with Crippen molar-refractivity contribution in [2.24, 2.45) is 0 Å². The minimum absolute atomic E-state index is 0.0317. The van der Waals surface area contributed by atoms with E-state index in [1.165, 1.54) is 11.8 Å².